The highest BCUT2D eigenvalue weighted by Gasteiger charge is 2.51. The van der Waals surface area contributed by atoms with Crippen molar-refractivity contribution in [1.82, 2.24) is 0 Å². The van der Waals surface area contributed by atoms with Crippen LogP contribution in [0.2, 0.25) is 0 Å². The van der Waals surface area contributed by atoms with Gasteiger partial charge in [-0.1, -0.05) is 36.4 Å². The maximum absolute atomic E-state index is 12.7. The van der Waals surface area contributed by atoms with E-state index in [4.69, 9.17) is 5.14 Å². The Balaban J connectivity index is 1.75. The Labute approximate surface area is 141 Å². The van der Waals surface area contributed by atoms with E-state index in [1.54, 1.807) is 24.3 Å². The van der Waals surface area contributed by atoms with Crippen LogP contribution in [0.5, 0.6) is 0 Å². The van der Waals surface area contributed by atoms with Gasteiger partial charge in [-0.05, 0) is 48.6 Å². The third kappa shape index (κ3) is 3.49. The van der Waals surface area contributed by atoms with Gasteiger partial charge in [-0.2, -0.15) is 0 Å². The van der Waals surface area contributed by atoms with Gasteiger partial charge in [-0.15, -0.1) is 0 Å². The molecule has 1 fully saturated rings. The average Bonchev–Trinajstić information content (AvgIpc) is 3.30. The summed E-state index contributed by atoms with van der Waals surface area (Å²) >= 11 is 0. The van der Waals surface area contributed by atoms with Crippen LogP contribution >= 0.6 is 0 Å². The molecule has 0 unspecified atom stereocenters. The number of benzene rings is 2. The van der Waals surface area contributed by atoms with E-state index in [-0.39, 0.29) is 11.7 Å². The molecule has 0 bridgehead atoms. The summed E-state index contributed by atoms with van der Waals surface area (Å²) in [4.78, 5) is 12.7. The molecule has 0 aromatic heterocycles. The normalized spacial score (nSPS) is 15.8. The summed E-state index contributed by atoms with van der Waals surface area (Å²) in [6.45, 7) is 2.02. The lowest BCUT2D eigenvalue weighted by Gasteiger charge is -2.18. The highest BCUT2D eigenvalue weighted by molar-refractivity contribution is 7.88. The van der Waals surface area contributed by atoms with Gasteiger partial charge in [0.05, 0.1) is 11.2 Å². The van der Waals surface area contributed by atoms with Crippen molar-refractivity contribution in [3.8, 4) is 0 Å². The Morgan fingerprint density at radius 3 is 2.29 bits per heavy atom. The van der Waals surface area contributed by atoms with Crippen molar-refractivity contribution in [2.75, 3.05) is 5.32 Å². The summed E-state index contributed by atoms with van der Waals surface area (Å²) in [7, 11) is -3.55. The minimum Gasteiger partial charge on any atom is -0.325 e. The Morgan fingerprint density at radius 2 is 1.75 bits per heavy atom. The molecule has 2 aromatic carbocycles. The molecule has 1 amide bonds. The smallest absolute Gasteiger partial charge is 0.235 e. The fourth-order valence-corrected chi connectivity index (χ4v) is 3.68. The predicted octanol–water partition coefficient (Wildman–Crippen LogP) is 2.45. The van der Waals surface area contributed by atoms with Gasteiger partial charge in [-0.25, -0.2) is 13.6 Å². The molecular weight excluding hydrogens is 324 g/mol. The van der Waals surface area contributed by atoms with Crippen LogP contribution in [0.25, 0.3) is 0 Å². The lowest BCUT2D eigenvalue weighted by atomic mass is 9.91. The van der Waals surface area contributed by atoms with Crippen LogP contribution in [0, 0.1) is 6.92 Å². The van der Waals surface area contributed by atoms with E-state index >= 15 is 0 Å². The van der Waals surface area contributed by atoms with Gasteiger partial charge in [0.25, 0.3) is 0 Å². The average molecular weight is 344 g/mol. The van der Waals surface area contributed by atoms with Crippen molar-refractivity contribution in [1.29, 1.82) is 0 Å². The number of rotatable bonds is 5. The van der Waals surface area contributed by atoms with Crippen LogP contribution in [-0.4, -0.2) is 14.3 Å². The molecule has 1 saturated carbocycles. The summed E-state index contributed by atoms with van der Waals surface area (Å²) < 4.78 is 22.2. The molecule has 0 radical (unpaired) electrons. The molecule has 3 N–H and O–H groups in total. The van der Waals surface area contributed by atoms with E-state index in [0.717, 1.165) is 24.0 Å². The van der Waals surface area contributed by atoms with E-state index in [9.17, 15) is 13.2 Å². The third-order valence-electron chi connectivity index (χ3n) is 4.42. The predicted molar refractivity (Wildman–Crippen MR) is 94.0 cm³/mol. The first-order valence-corrected chi connectivity index (χ1v) is 9.49. The number of aryl methyl sites for hydroxylation is 1. The Morgan fingerprint density at radius 1 is 1.12 bits per heavy atom. The molecule has 24 heavy (non-hydrogen) atoms. The fraction of sp³-hybridized carbons (Fsp3) is 0.278. The van der Waals surface area contributed by atoms with Gasteiger partial charge in [-0.3, -0.25) is 4.79 Å². The van der Waals surface area contributed by atoms with Gasteiger partial charge in [0.2, 0.25) is 15.9 Å². The molecule has 0 heterocycles. The maximum Gasteiger partial charge on any atom is 0.235 e. The van der Waals surface area contributed by atoms with E-state index in [1.807, 2.05) is 31.2 Å². The Hall–Kier alpha value is -2.18. The number of carbonyl (C=O) groups is 1. The van der Waals surface area contributed by atoms with E-state index in [1.165, 1.54) is 0 Å². The molecule has 1 aliphatic rings. The Bertz CT molecular complexity index is 869. The van der Waals surface area contributed by atoms with Crippen LogP contribution in [0.15, 0.2) is 48.5 Å². The lowest BCUT2D eigenvalue weighted by Crippen LogP contribution is -2.28. The summed E-state index contributed by atoms with van der Waals surface area (Å²) in [5, 5.41) is 7.97. The van der Waals surface area contributed by atoms with Crippen LogP contribution in [0.3, 0.4) is 0 Å². The van der Waals surface area contributed by atoms with Crippen molar-refractivity contribution in [2.45, 2.75) is 30.9 Å². The lowest BCUT2D eigenvalue weighted by molar-refractivity contribution is -0.118. The molecule has 0 saturated heterocycles. The minimum atomic E-state index is -3.55. The number of sulfonamides is 1. The van der Waals surface area contributed by atoms with Crippen molar-refractivity contribution in [3.63, 3.8) is 0 Å². The zero-order valence-corrected chi connectivity index (χ0v) is 14.3. The number of nitrogens with two attached hydrogens (primary N) is 1. The zero-order valence-electron chi connectivity index (χ0n) is 13.5. The van der Waals surface area contributed by atoms with Crippen molar-refractivity contribution < 1.29 is 13.2 Å². The summed E-state index contributed by atoms with van der Waals surface area (Å²) in [6, 6.07) is 14.7. The largest absolute Gasteiger partial charge is 0.325 e. The number of anilines is 1. The molecule has 0 spiro atoms. The number of nitrogens with one attached hydrogen (secondary N) is 1. The molecule has 126 valence electrons. The quantitative estimate of drug-likeness (QED) is 0.873. The highest BCUT2D eigenvalue weighted by atomic mass is 32.2. The van der Waals surface area contributed by atoms with Crippen molar-refractivity contribution >= 4 is 21.6 Å². The van der Waals surface area contributed by atoms with E-state index in [2.05, 4.69) is 5.32 Å². The van der Waals surface area contributed by atoms with Gasteiger partial charge in [0.15, 0.2) is 0 Å². The van der Waals surface area contributed by atoms with Gasteiger partial charge in [0.1, 0.15) is 0 Å². The van der Waals surface area contributed by atoms with Crippen LogP contribution in [0.1, 0.15) is 29.5 Å². The van der Waals surface area contributed by atoms with Crippen molar-refractivity contribution in [2.24, 2.45) is 5.14 Å². The molecule has 1 aliphatic carbocycles. The first-order valence-electron chi connectivity index (χ1n) is 7.77. The first kappa shape index (κ1) is 16.7. The summed E-state index contributed by atoms with van der Waals surface area (Å²) in [6.07, 6.45) is 1.68. The second-order valence-electron chi connectivity index (χ2n) is 6.36. The van der Waals surface area contributed by atoms with E-state index in [0.29, 0.717) is 11.3 Å². The molecule has 6 heteroatoms. The highest BCUT2D eigenvalue weighted by Crippen LogP contribution is 2.50. The summed E-state index contributed by atoms with van der Waals surface area (Å²) in [5.74, 6) is -0.232. The Kier molecular flexibility index (Phi) is 4.19. The topological polar surface area (TPSA) is 89.3 Å². The monoisotopic (exact) mass is 344 g/mol. The molecular formula is C18H20N2O3S. The minimum absolute atomic E-state index is 0.0176. The molecule has 0 atom stereocenters. The van der Waals surface area contributed by atoms with Crippen molar-refractivity contribution in [3.05, 3.63) is 65.2 Å². The molecule has 2 aromatic rings. The van der Waals surface area contributed by atoms with Crippen LogP contribution in [0.4, 0.5) is 5.69 Å². The molecule has 0 aliphatic heterocycles. The number of amides is 1. The van der Waals surface area contributed by atoms with Gasteiger partial charge in [0, 0.05) is 5.69 Å². The number of hydrogen-bond donors (Lipinski definition) is 2. The zero-order chi connectivity index (χ0) is 17.4. The fourth-order valence-electron chi connectivity index (χ4n) is 3.02. The van der Waals surface area contributed by atoms with Gasteiger partial charge >= 0.3 is 0 Å². The maximum atomic E-state index is 12.7. The second-order valence-corrected chi connectivity index (χ2v) is 7.97. The first-order chi connectivity index (χ1) is 11.3. The molecule has 3 rings (SSSR count). The third-order valence-corrected chi connectivity index (χ3v) is 5.16. The SMILES string of the molecule is Cc1ccccc1C1(C(=O)Nc2ccc(CS(N)(=O)=O)cc2)CC1. The molecule has 5 nitrogen and oxygen atoms in total. The summed E-state index contributed by atoms with van der Waals surface area (Å²) in [5.41, 5.74) is 3.00. The number of primary sulfonamides is 1. The van der Waals surface area contributed by atoms with E-state index < -0.39 is 15.4 Å². The number of carbonyl (C=O) groups excluding carboxylic acids is 1. The van der Waals surface area contributed by atoms with Crippen LogP contribution < -0.4 is 10.5 Å². The van der Waals surface area contributed by atoms with Gasteiger partial charge < -0.3 is 5.32 Å². The second kappa shape index (κ2) is 6.03. The van der Waals surface area contributed by atoms with Crippen LogP contribution in [-0.2, 0) is 26.0 Å². The number of hydrogen-bond acceptors (Lipinski definition) is 3. The standard InChI is InChI=1S/C18H20N2O3S/c1-13-4-2-3-5-16(13)18(10-11-18)17(21)20-15-8-6-14(7-9-15)12-24(19,22)23/h2-9H,10-12H2,1H3,(H,20,21)(H2,19,22,23).